The van der Waals surface area contributed by atoms with Crippen molar-refractivity contribution in [3.63, 3.8) is 0 Å². The minimum absolute atomic E-state index is 0.275. The zero-order chi connectivity index (χ0) is 20.5. The molecule has 1 fully saturated rings. The number of benzene rings is 1. The summed E-state index contributed by atoms with van der Waals surface area (Å²) in [5.41, 5.74) is 9.03. The monoisotopic (exact) mass is 392 g/mol. The van der Waals surface area contributed by atoms with Crippen molar-refractivity contribution in [2.75, 3.05) is 30.8 Å². The molecule has 4 rings (SSSR count). The molecule has 0 amide bonds. The molecule has 6 nitrogen and oxygen atoms in total. The van der Waals surface area contributed by atoms with Gasteiger partial charge in [0.1, 0.15) is 35.3 Å². The lowest BCUT2D eigenvalue weighted by atomic mass is 9.97. The minimum Gasteiger partial charge on any atom is -0.497 e. The van der Waals surface area contributed by atoms with Crippen LogP contribution >= 0.6 is 0 Å². The summed E-state index contributed by atoms with van der Waals surface area (Å²) in [7, 11) is 1.58. The van der Waals surface area contributed by atoms with Crippen LogP contribution in [0.5, 0.6) is 5.75 Å². The number of aromatic nitrogens is 1. The molecule has 1 atom stereocenters. The van der Waals surface area contributed by atoms with E-state index in [0.717, 1.165) is 11.3 Å². The van der Waals surface area contributed by atoms with Crippen molar-refractivity contribution in [2.24, 2.45) is 0 Å². The van der Waals surface area contributed by atoms with E-state index in [-0.39, 0.29) is 5.82 Å². The first kappa shape index (κ1) is 18.8. The maximum Gasteiger partial charge on any atom is 0.154 e. The van der Waals surface area contributed by atoms with E-state index in [9.17, 15) is 9.65 Å². The molecule has 3 heterocycles. The molecule has 7 heteroatoms. The van der Waals surface area contributed by atoms with Gasteiger partial charge in [0.25, 0.3) is 0 Å². The van der Waals surface area contributed by atoms with Gasteiger partial charge in [-0.1, -0.05) is 0 Å². The Bertz CT molecular complexity index is 1100. The molecule has 1 saturated heterocycles. The number of halogens is 1. The fourth-order valence-corrected chi connectivity index (χ4v) is 3.64. The lowest BCUT2D eigenvalue weighted by molar-refractivity contribution is 0.364. The first-order chi connectivity index (χ1) is 14.0. The molecule has 2 N–H and O–H groups in total. The number of hydrogen-bond acceptors (Lipinski definition) is 6. The Morgan fingerprint density at radius 1 is 1.31 bits per heavy atom. The van der Waals surface area contributed by atoms with Gasteiger partial charge in [0.2, 0.25) is 0 Å². The van der Waals surface area contributed by atoms with Gasteiger partial charge in [0, 0.05) is 30.4 Å². The van der Waals surface area contributed by atoms with Gasteiger partial charge in [-0.25, -0.2) is 9.37 Å². The Hall–Kier alpha value is -3.53. The number of methoxy groups -OCH3 is 1. The summed E-state index contributed by atoms with van der Waals surface area (Å²) < 4.78 is 24.9. The van der Waals surface area contributed by atoms with Gasteiger partial charge >= 0.3 is 0 Å². The average molecular weight is 392 g/mol. The highest BCUT2D eigenvalue weighted by Crippen LogP contribution is 2.37. The zero-order valence-electron chi connectivity index (χ0n) is 16.3. The summed E-state index contributed by atoms with van der Waals surface area (Å²) in [6, 6.07) is 13.1. The Kier molecular flexibility index (Phi) is 4.85. The SMILES string of the molecule is COc1cc(-c2cc(N)nc(-c3ccc(C)o3)c2C#N)cc(N2CC[C@@H](F)C2)c1. The van der Waals surface area contributed by atoms with Crippen molar-refractivity contribution in [1.82, 2.24) is 4.98 Å². The van der Waals surface area contributed by atoms with Crippen molar-refractivity contribution in [1.29, 1.82) is 5.26 Å². The van der Waals surface area contributed by atoms with Gasteiger partial charge in [-0.2, -0.15) is 5.26 Å². The summed E-state index contributed by atoms with van der Waals surface area (Å²) in [5, 5.41) is 9.90. The molecule has 1 aromatic carbocycles. The molecule has 2 aromatic heterocycles. The molecule has 0 unspecified atom stereocenters. The maximum atomic E-state index is 13.7. The second-order valence-corrected chi connectivity index (χ2v) is 7.09. The number of pyridine rings is 1. The van der Waals surface area contributed by atoms with Crippen molar-refractivity contribution >= 4 is 11.5 Å². The third-order valence-electron chi connectivity index (χ3n) is 5.06. The van der Waals surface area contributed by atoms with Gasteiger partial charge in [-0.15, -0.1) is 0 Å². The fraction of sp³-hybridized carbons (Fsp3) is 0.273. The second-order valence-electron chi connectivity index (χ2n) is 7.09. The number of aryl methyl sites for hydroxylation is 1. The number of nitrogens with two attached hydrogens (primary N) is 1. The van der Waals surface area contributed by atoms with Crippen LogP contribution in [0.4, 0.5) is 15.9 Å². The number of nitrogen functional groups attached to an aromatic ring is 1. The Balaban J connectivity index is 1.88. The summed E-state index contributed by atoms with van der Waals surface area (Å²) in [4.78, 5) is 6.31. The first-order valence-electron chi connectivity index (χ1n) is 9.34. The third-order valence-corrected chi connectivity index (χ3v) is 5.06. The number of alkyl halides is 1. The van der Waals surface area contributed by atoms with Crippen molar-refractivity contribution < 1.29 is 13.5 Å². The predicted octanol–water partition coefficient (Wildman–Crippen LogP) is 4.33. The summed E-state index contributed by atoms with van der Waals surface area (Å²) in [5.74, 6) is 2.09. The van der Waals surface area contributed by atoms with Crippen LogP contribution in [-0.4, -0.2) is 31.4 Å². The van der Waals surface area contributed by atoms with Crippen LogP contribution in [0.2, 0.25) is 0 Å². The van der Waals surface area contributed by atoms with Gasteiger partial charge in [-0.3, -0.25) is 0 Å². The predicted molar refractivity (Wildman–Crippen MR) is 110 cm³/mol. The molecule has 0 spiro atoms. The molecule has 3 aromatic rings. The second kappa shape index (κ2) is 7.47. The highest BCUT2D eigenvalue weighted by atomic mass is 19.1. The number of nitriles is 1. The van der Waals surface area contributed by atoms with Crippen molar-refractivity contribution in [2.45, 2.75) is 19.5 Å². The van der Waals surface area contributed by atoms with Crippen LogP contribution in [0.3, 0.4) is 0 Å². The lowest BCUT2D eigenvalue weighted by Crippen LogP contribution is -2.19. The highest BCUT2D eigenvalue weighted by molar-refractivity contribution is 5.82. The number of nitrogens with zero attached hydrogens (tertiary/aromatic N) is 3. The summed E-state index contributed by atoms with van der Waals surface area (Å²) >= 11 is 0. The molecule has 29 heavy (non-hydrogen) atoms. The number of rotatable bonds is 4. The molecule has 1 aliphatic rings. The maximum absolute atomic E-state index is 13.7. The van der Waals surface area contributed by atoms with Crippen LogP contribution in [0.15, 0.2) is 40.8 Å². The number of hydrogen-bond donors (Lipinski definition) is 1. The van der Waals surface area contributed by atoms with Crippen molar-refractivity contribution in [3.8, 4) is 34.4 Å². The van der Waals surface area contributed by atoms with E-state index < -0.39 is 6.17 Å². The molecule has 0 saturated carbocycles. The van der Waals surface area contributed by atoms with E-state index in [2.05, 4.69) is 11.1 Å². The van der Waals surface area contributed by atoms with Gasteiger partial charge in [0.05, 0.1) is 12.7 Å². The normalized spacial score (nSPS) is 16.1. The Morgan fingerprint density at radius 3 is 2.76 bits per heavy atom. The highest BCUT2D eigenvalue weighted by Gasteiger charge is 2.24. The smallest absolute Gasteiger partial charge is 0.154 e. The number of anilines is 2. The molecule has 0 aliphatic carbocycles. The van der Waals surface area contributed by atoms with E-state index in [1.165, 1.54) is 0 Å². The van der Waals surface area contributed by atoms with Crippen LogP contribution in [0, 0.1) is 18.3 Å². The van der Waals surface area contributed by atoms with Crippen molar-refractivity contribution in [3.05, 3.63) is 47.7 Å². The quantitative estimate of drug-likeness (QED) is 0.711. The van der Waals surface area contributed by atoms with E-state index in [1.54, 1.807) is 19.2 Å². The topological polar surface area (TPSA) is 88.3 Å². The number of ether oxygens (including phenoxy) is 1. The van der Waals surface area contributed by atoms with Crippen LogP contribution < -0.4 is 15.4 Å². The van der Waals surface area contributed by atoms with Crippen LogP contribution in [-0.2, 0) is 0 Å². The van der Waals surface area contributed by atoms with Crippen LogP contribution in [0.25, 0.3) is 22.6 Å². The summed E-state index contributed by atoms with van der Waals surface area (Å²) in [6.45, 7) is 2.80. The third kappa shape index (κ3) is 3.61. The van der Waals surface area contributed by atoms with Gasteiger partial charge < -0.3 is 19.8 Å². The molecule has 0 bridgehead atoms. The molecule has 148 valence electrons. The lowest BCUT2D eigenvalue weighted by Gasteiger charge is -2.20. The average Bonchev–Trinajstić information content (AvgIpc) is 3.35. The van der Waals surface area contributed by atoms with E-state index in [1.807, 2.05) is 36.1 Å². The van der Waals surface area contributed by atoms with E-state index in [0.29, 0.717) is 53.6 Å². The zero-order valence-corrected chi connectivity index (χ0v) is 16.3. The molecule has 0 radical (unpaired) electrons. The fourth-order valence-electron chi connectivity index (χ4n) is 3.64. The van der Waals surface area contributed by atoms with Gasteiger partial charge in [0.15, 0.2) is 5.76 Å². The summed E-state index contributed by atoms with van der Waals surface area (Å²) in [6.07, 6.45) is -0.343. The van der Waals surface area contributed by atoms with Crippen LogP contribution in [0.1, 0.15) is 17.7 Å². The standard InChI is InChI=1S/C22H21FN4O2/c1-13-3-4-20(29-13)22-19(11-24)18(10-21(25)26-22)14-7-16(9-17(8-14)28-2)27-6-5-15(23)12-27/h3-4,7-10,15H,5-6,12H2,1-2H3,(H2,25,26)/t15-/m1/s1. The van der Waals surface area contributed by atoms with E-state index >= 15 is 0 Å². The number of furan rings is 1. The molecule has 1 aliphatic heterocycles. The molecular formula is C22H21FN4O2. The van der Waals surface area contributed by atoms with E-state index in [4.69, 9.17) is 14.9 Å². The molecular weight excluding hydrogens is 371 g/mol. The largest absolute Gasteiger partial charge is 0.497 e. The van der Waals surface area contributed by atoms with Gasteiger partial charge in [-0.05, 0) is 49.2 Å². The first-order valence-corrected chi connectivity index (χ1v) is 9.34. The Morgan fingerprint density at radius 2 is 2.14 bits per heavy atom. The minimum atomic E-state index is -0.843. The Labute approximate surface area is 168 Å².